The normalized spacial score (nSPS) is 10.6. The van der Waals surface area contributed by atoms with Crippen molar-refractivity contribution in [2.45, 2.75) is 6.92 Å². The number of carbonyl (C=O) groups excluding carboxylic acids is 1. The van der Waals surface area contributed by atoms with E-state index in [0.717, 1.165) is 0 Å². The SMILES string of the molecule is COc1ccc(-c2nnc(C)o2)cc1NC(=O)c1cc(-c2ccccn2)n[nH]1. The fourth-order valence-electron chi connectivity index (χ4n) is 2.63. The Morgan fingerprint density at radius 3 is 2.75 bits per heavy atom. The quantitative estimate of drug-likeness (QED) is 0.549. The largest absolute Gasteiger partial charge is 0.495 e. The minimum atomic E-state index is -0.369. The number of nitrogens with zero attached hydrogens (tertiary/aromatic N) is 4. The number of nitrogens with one attached hydrogen (secondary N) is 2. The van der Waals surface area contributed by atoms with Gasteiger partial charge in [-0.2, -0.15) is 5.10 Å². The van der Waals surface area contributed by atoms with E-state index in [0.29, 0.717) is 45.9 Å². The molecule has 0 aliphatic rings. The molecule has 1 amide bonds. The van der Waals surface area contributed by atoms with Gasteiger partial charge in [0.2, 0.25) is 11.8 Å². The highest BCUT2D eigenvalue weighted by molar-refractivity contribution is 6.04. The third kappa shape index (κ3) is 3.45. The molecule has 0 aliphatic heterocycles. The number of amides is 1. The predicted molar refractivity (Wildman–Crippen MR) is 101 cm³/mol. The van der Waals surface area contributed by atoms with Gasteiger partial charge in [-0.15, -0.1) is 10.2 Å². The molecule has 4 rings (SSSR count). The summed E-state index contributed by atoms with van der Waals surface area (Å²) < 4.78 is 10.8. The average Bonchev–Trinajstić information content (AvgIpc) is 3.38. The van der Waals surface area contributed by atoms with Crippen LogP contribution in [0.5, 0.6) is 5.75 Å². The fourth-order valence-corrected chi connectivity index (χ4v) is 2.63. The predicted octanol–water partition coefficient (Wildman–Crippen LogP) is 3.09. The van der Waals surface area contributed by atoms with E-state index in [1.165, 1.54) is 7.11 Å². The zero-order valence-electron chi connectivity index (χ0n) is 15.1. The van der Waals surface area contributed by atoms with Gasteiger partial charge in [0, 0.05) is 18.7 Å². The Kier molecular flexibility index (Phi) is 4.55. The van der Waals surface area contributed by atoms with E-state index in [1.54, 1.807) is 37.4 Å². The third-order valence-corrected chi connectivity index (χ3v) is 3.97. The van der Waals surface area contributed by atoms with Crippen LogP contribution in [0.1, 0.15) is 16.4 Å². The van der Waals surface area contributed by atoms with Gasteiger partial charge in [-0.25, -0.2) is 0 Å². The molecular weight excluding hydrogens is 360 g/mol. The van der Waals surface area contributed by atoms with Gasteiger partial charge in [-0.05, 0) is 36.4 Å². The second-order valence-electron chi connectivity index (χ2n) is 5.88. The van der Waals surface area contributed by atoms with E-state index in [2.05, 4.69) is 30.7 Å². The Labute approximate surface area is 159 Å². The molecule has 0 saturated heterocycles. The minimum Gasteiger partial charge on any atom is -0.495 e. The molecule has 3 aromatic heterocycles. The van der Waals surface area contributed by atoms with Crippen LogP contribution in [-0.2, 0) is 0 Å². The maximum atomic E-state index is 12.7. The van der Waals surface area contributed by atoms with Gasteiger partial charge in [0.05, 0.1) is 18.5 Å². The fraction of sp³-hybridized carbons (Fsp3) is 0.105. The number of anilines is 1. The summed E-state index contributed by atoms with van der Waals surface area (Å²) in [4.78, 5) is 16.9. The number of methoxy groups -OCH3 is 1. The molecule has 9 heteroatoms. The van der Waals surface area contributed by atoms with Crippen LogP contribution in [0, 0.1) is 6.92 Å². The van der Waals surface area contributed by atoms with Gasteiger partial charge < -0.3 is 14.5 Å². The van der Waals surface area contributed by atoms with Crippen LogP contribution in [0.2, 0.25) is 0 Å². The van der Waals surface area contributed by atoms with Crippen molar-refractivity contribution in [1.82, 2.24) is 25.4 Å². The summed E-state index contributed by atoms with van der Waals surface area (Å²) >= 11 is 0. The summed E-state index contributed by atoms with van der Waals surface area (Å²) in [5.41, 5.74) is 2.67. The number of aromatic amines is 1. The number of aromatic nitrogens is 5. The number of hydrogen-bond acceptors (Lipinski definition) is 7. The van der Waals surface area contributed by atoms with Gasteiger partial charge in [0.25, 0.3) is 5.91 Å². The lowest BCUT2D eigenvalue weighted by molar-refractivity contribution is 0.102. The van der Waals surface area contributed by atoms with Crippen molar-refractivity contribution < 1.29 is 13.9 Å². The molecule has 9 nitrogen and oxygen atoms in total. The van der Waals surface area contributed by atoms with E-state index in [4.69, 9.17) is 9.15 Å². The molecule has 2 N–H and O–H groups in total. The number of aryl methyl sites for hydroxylation is 1. The highest BCUT2D eigenvalue weighted by Crippen LogP contribution is 2.30. The Morgan fingerprint density at radius 2 is 2.04 bits per heavy atom. The molecule has 0 atom stereocenters. The minimum absolute atomic E-state index is 0.293. The maximum Gasteiger partial charge on any atom is 0.273 e. The Morgan fingerprint density at radius 1 is 1.14 bits per heavy atom. The van der Waals surface area contributed by atoms with E-state index in [9.17, 15) is 4.79 Å². The summed E-state index contributed by atoms with van der Waals surface area (Å²) in [5.74, 6) is 0.940. The number of rotatable bonds is 5. The first-order chi connectivity index (χ1) is 13.6. The molecule has 3 heterocycles. The van der Waals surface area contributed by atoms with Crippen LogP contribution in [0.3, 0.4) is 0 Å². The summed E-state index contributed by atoms with van der Waals surface area (Å²) in [7, 11) is 1.52. The topological polar surface area (TPSA) is 119 Å². The highest BCUT2D eigenvalue weighted by atomic mass is 16.5. The molecular formula is C19H16N6O3. The maximum absolute atomic E-state index is 12.7. The lowest BCUT2D eigenvalue weighted by Gasteiger charge is -2.10. The van der Waals surface area contributed by atoms with Crippen LogP contribution in [-0.4, -0.2) is 38.4 Å². The second-order valence-corrected chi connectivity index (χ2v) is 5.88. The number of benzene rings is 1. The molecule has 0 spiro atoms. The number of hydrogen-bond donors (Lipinski definition) is 2. The summed E-state index contributed by atoms with van der Waals surface area (Å²) in [6.45, 7) is 1.71. The van der Waals surface area contributed by atoms with Crippen LogP contribution >= 0.6 is 0 Å². The van der Waals surface area contributed by atoms with Crippen molar-refractivity contribution in [3.63, 3.8) is 0 Å². The first-order valence-corrected chi connectivity index (χ1v) is 8.41. The van der Waals surface area contributed by atoms with Crippen LogP contribution in [0.4, 0.5) is 5.69 Å². The second kappa shape index (κ2) is 7.31. The molecule has 28 heavy (non-hydrogen) atoms. The third-order valence-electron chi connectivity index (χ3n) is 3.97. The van der Waals surface area contributed by atoms with Gasteiger partial charge >= 0.3 is 0 Å². The van der Waals surface area contributed by atoms with Gasteiger partial charge in [0.1, 0.15) is 17.1 Å². The average molecular weight is 376 g/mol. The van der Waals surface area contributed by atoms with Crippen LogP contribution in [0.25, 0.3) is 22.8 Å². The van der Waals surface area contributed by atoms with E-state index < -0.39 is 0 Å². The first kappa shape index (κ1) is 17.4. The molecule has 0 saturated carbocycles. The summed E-state index contributed by atoms with van der Waals surface area (Å²) in [5, 5.41) is 17.5. The van der Waals surface area contributed by atoms with Gasteiger partial charge in [-0.3, -0.25) is 14.9 Å². The first-order valence-electron chi connectivity index (χ1n) is 8.41. The summed E-state index contributed by atoms with van der Waals surface area (Å²) in [6.07, 6.45) is 1.67. The highest BCUT2D eigenvalue weighted by Gasteiger charge is 2.16. The Bertz CT molecular complexity index is 1120. The van der Waals surface area contributed by atoms with Gasteiger partial charge in [-0.1, -0.05) is 6.07 Å². The number of pyridine rings is 1. The lowest BCUT2D eigenvalue weighted by atomic mass is 10.1. The van der Waals surface area contributed by atoms with E-state index in [1.807, 2.05) is 18.2 Å². The van der Waals surface area contributed by atoms with E-state index in [-0.39, 0.29) is 5.91 Å². The molecule has 0 bridgehead atoms. The molecule has 0 fully saturated rings. The molecule has 4 aromatic rings. The Hall–Kier alpha value is -4.01. The zero-order chi connectivity index (χ0) is 19.5. The van der Waals surface area contributed by atoms with Crippen molar-refractivity contribution in [1.29, 1.82) is 0 Å². The molecule has 0 unspecified atom stereocenters. The Balaban J connectivity index is 1.59. The lowest BCUT2D eigenvalue weighted by Crippen LogP contribution is -2.13. The van der Waals surface area contributed by atoms with E-state index >= 15 is 0 Å². The molecule has 0 aliphatic carbocycles. The van der Waals surface area contributed by atoms with Gasteiger partial charge in [0.15, 0.2) is 0 Å². The van der Waals surface area contributed by atoms with Crippen LogP contribution in [0.15, 0.2) is 53.1 Å². The monoisotopic (exact) mass is 376 g/mol. The summed E-state index contributed by atoms with van der Waals surface area (Å²) in [6, 6.07) is 12.3. The molecule has 0 radical (unpaired) electrons. The number of carbonyl (C=O) groups is 1. The number of ether oxygens (including phenoxy) is 1. The zero-order valence-corrected chi connectivity index (χ0v) is 15.1. The van der Waals surface area contributed by atoms with Crippen LogP contribution < -0.4 is 10.1 Å². The standard InChI is InChI=1S/C19H16N6O3/c1-11-22-25-19(28-11)12-6-7-17(27-2)15(9-12)21-18(26)16-10-14(23-24-16)13-5-3-4-8-20-13/h3-10H,1-2H3,(H,21,26)(H,23,24). The molecule has 140 valence electrons. The van der Waals surface area contributed by atoms with Crippen molar-refractivity contribution in [3.05, 3.63) is 60.2 Å². The van der Waals surface area contributed by atoms with Crippen molar-refractivity contribution >= 4 is 11.6 Å². The van der Waals surface area contributed by atoms with Crippen molar-refractivity contribution in [3.8, 4) is 28.6 Å². The van der Waals surface area contributed by atoms with Crippen molar-refractivity contribution in [2.75, 3.05) is 12.4 Å². The van der Waals surface area contributed by atoms with Crippen molar-refractivity contribution in [2.24, 2.45) is 0 Å². The smallest absolute Gasteiger partial charge is 0.273 e. The molecule has 1 aromatic carbocycles. The number of H-pyrrole nitrogens is 1.